The van der Waals surface area contributed by atoms with E-state index >= 15 is 0 Å². The minimum absolute atomic E-state index is 0.0621. The molecule has 0 aliphatic carbocycles. The van der Waals surface area contributed by atoms with Crippen molar-refractivity contribution in [3.63, 3.8) is 0 Å². The van der Waals surface area contributed by atoms with Crippen molar-refractivity contribution in [3.05, 3.63) is 28.7 Å². The summed E-state index contributed by atoms with van der Waals surface area (Å²) in [5.41, 5.74) is 0.686. The third-order valence-corrected chi connectivity index (χ3v) is 4.52. The zero-order valence-electron chi connectivity index (χ0n) is 12.6. The zero-order chi connectivity index (χ0) is 17.0. The van der Waals surface area contributed by atoms with Gasteiger partial charge < -0.3 is 14.6 Å². The number of benzene rings is 1. The number of amides is 1. The van der Waals surface area contributed by atoms with Gasteiger partial charge in [0.1, 0.15) is 4.32 Å². The second-order valence-electron chi connectivity index (χ2n) is 4.56. The maximum atomic E-state index is 12.4. The monoisotopic (exact) mass is 353 g/mol. The number of aliphatic carboxylic acids is 1. The number of para-hydroxylation sites is 1. The molecule has 122 valence electrons. The van der Waals surface area contributed by atoms with Gasteiger partial charge in [-0.2, -0.15) is 0 Å². The summed E-state index contributed by atoms with van der Waals surface area (Å²) in [6.45, 7) is 0.0621. The van der Waals surface area contributed by atoms with Crippen molar-refractivity contribution in [1.82, 2.24) is 4.90 Å². The number of ether oxygens (including phenoxy) is 2. The van der Waals surface area contributed by atoms with E-state index in [9.17, 15) is 9.59 Å². The van der Waals surface area contributed by atoms with Crippen molar-refractivity contribution in [3.8, 4) is 11.5 Å². The first-order valence-corrected chi connectivity index (χ1v) is 7.88. The predicted octanol–water partition coefficient (Wildman–Crippen LogP) is 2.38. The molecule has 6 nitrogen and oxygen atoms in total. The van der Waals surface area contributed by atoms with Gasteiger partial charge in [0, 0.05) is 12.1 Å². The van der Waals surface area contributed by atoms with Crippen molar-refractivity contribution < 1.29 is 24.2 Å². The van der Waals surface area contributed by atoms with Crippen LogP contribution in [0.3, 0.4) is 0 Å². The number of carbonyl (C=O) groups is 2. The number of nitrogens with zero attached hydrogens (tertiary/aromatic N) is 1. The van der Waals surface area contributed by atoms with Crippen LogP contribution in [-0.2, 0) is 9.59 Å². The molecule has 0 saturated carbocycles. The van der Waals surface area contributed by atoms with Crippen LogP contribution >= 0.6 is 24.0 Å². The molecule has 23 heavy (non-hydrogen) atoms. The van der Waals surface area contributed by atoms with Crippen LogP contribution in [0.5, 0.6) is 11.5 Å². The second-order valence-corrected chi connectivity index (χ2v) is 6.24. The van der Waals surface area contributed by atoms with Crippen molar-refractivity contribution in [2.45, 2.75) is 6.42 Å². The minimum atomic E-state index is -0.975. The molecule has 0 radical (unpaired) electrons. The number of carboxylic acid groups (broad SMARTS) is 1. The first-order valence-electron chi connectivity index (χ1n) is 6.66. The predicted molar refractivity (Wildman–Crippen MR) is 91.7 cm³/mol. The van der Waals surface area contributed by atoms with E-state index in [1.54, 1.807) is 24.3 Å². The van der Waals surface area contributed by atoms with E-state index in [1.165, 1.54) is 19.1 Å². The summed E-state index contributed by atoms with van der Waals surface area (Å²) in [7, 11) is 3.06. The Hall–Kier alpha value is -2.06. The summed E-state index contributed by atoms with van der Waals surface area (Å²) in [6.07, 6.45) is 1.52. The second kappa shape index (κ2) is 7.47. The summed E-state index contributed by atoms with van der Waals surface area (Å²) in [6, 6.07) is 5.34. The lowest BCUT2D eigenvalue weighted by Gasteiger charge is -2.12. The number of hydrogen-bond acceptors (Lipinski definition) is 6. The highest BCUT2D eigenvalue weighted by atomic mass is 32.2. The Bertz CT molecular complexity index is 686. The first kappa shape index (κ1) is 17.3. The summed E-state index contributed by atoms with van der Waals surface area (Å²) < 4.78 is 10.9. The van der Waals surface area contributed by atoms with Gasteiger partial charge >= 0.3 is 5.97 Å². The maximum absolute atomic E-state index is 12.4. The smallest absolute Gasteiger partial charge is 0.305 e. The van der Waals surface area contributed by atoms with Gasteiger partial charge in [-0.05, 0) is 12.1 Å². The molecule has 1 saturated heterocycles. The van der Waals surface area contributed by atoms with Crippen LogP contribution in [0.25, 0.3) is 6.08 Å². The normalized spacial score (nSPS) is 16.1. The van der Waals surface area contributed by atoms with Crippen LogP contribution in [0.4, 0.5) is 0 Å². The highest BCUT2D eigenvalue weighted by Crippen LogP contribution is 2.37. The Labute approximate surface area is 143 Å². The van der Waals surface area contributed by atoms with E-state index in [1.807, 2.05) is 0 Å². The van der Waals surface area contributed by atoms with Gasteiger partial charge in [0.05, 0.1) is 25.5 Å². The molecule has 1 aliphatic rings. The van der Waals surface area contributed by atoms with E-state index < -0.39 is 5.97 Å². The number of carboxylic acids is 1. The van der Waals surface area contributed by atoms with E-state index in [4.69, 9.17) is 26.8 Å². The lowest BCUT2D eigenvalue weighted by Crippen LogP contribution is -2.30. The van der Waals surface area contributed by atoms with Crippen molar-refractivity contribution in [2.24, 2.45) is 0 Å². The highest BCUT2D eigenvalue weighted by Gasteiger charge is 2.32. The molecule has 1 aliphatic heterocycles. The molecule has 1 aromatic carbocycles. The molecular formula is C15H15NO5S2. The molecular weight excluding hydrogens is 338 g/mol. The van der Waals surface area contributed by atoms with Crippen LogP contribution in [0.1, 0.15) is 12.0 Å². The quantitative estimate of drug-likeness (QED) is 0.621. The third kappa shape index (κ3) is 3.83. The fourth-order valence-electron chi connectivity index (χ4n) is 2.07. The van der Waals surface area contributed by atoms with Gasteiger partial charge in [-0.1, -0.05) is 36.1 Å². The molecule has 1 heterocycles. The van der Waals surface area contributed by atoms with E-state index in [0.29, 0.717) is 26.3 Å². The number of methoxy groups -OCH3 is 2. The molecule has 0 aromatic heterocycles. The Morgan fingerprint density at radius 1 is 1.39 bits per heavy atom. The van der Waals surface area contributed by atoms with Gasteiger partial charge in [0.2, 0.25) is 0 Å². The number of hydrogen-bond donors (Lipinski definition) is 1. The van der Waals surface area contributed by atoms with Crippen molar-refractivity contribution in [1.29, 1.82) is 0 Å². The number of thioether (sulfide) groups is 1. The Kier molecular flexibility index (Phi) is 5.62. The van der Waals surface area contributed by atoms with E-state index in [2.05, 4.69) is 0 Å². The Morgan fingerprint density at radius 2 is 2.13 bits per heavy atom. The zero-order valence-corrected chi connectivity index (χ0v) is 14.2. The van der Waals surface area contributed by atoms with Crippen LogP contribution in [0, 0.1) is 0 Å². The summed E-state index contributed by atoms with van der Waals surface area (Å²) in [4.78, 5) is 24.8. The van der Waals surface area contributed by atoms with E-state index in [-0.39, 0.29) is 18.9 Å². The molecule has 1 N–H and O–H groups in total. The molecule has 1 fully saturated rings. The number of rotatable bonds is 6. The summed E-state index contributed by atoms with van der Waals surface area (Å²) >= 11 is 6.29. The first-order chi connectivity index (χ1) is 11.0. The average molecular weight is 353 g/mol. The van der Waals surface area contributed by atoms with Gasteiger partial charge in [0.25, 0.3) is 5.91 Å². The van der Waals surface area contributed by atoms with Crippen LogP contribution in [-0.4, -0.2) is 47.0 Å². The summed E-state index contributed by atoms with van der Waals surface area (Å²) in [5, 5.41) is 8.74. The third-order valence-electron chi connectivity index (χ3n) is 3.14. The molecule has 1 aromatic rings. The lowest BCUT2D eigenvalue weighted by atomic mass is 10.1. The van der Waals surface area contributed by atoms with Gasteiger partial charge in [-0.25, -0.2) is 0 Å². The largest absolute Gasteiger partial charge is 0.493 e. The average Bonchev–Trinajstić information content (AvgIpc) is 2.79. The van der Waals surface area contributed by atoms with Crippen LogP contribution in [0.2, 0.25) is 0 Å². The van der Waals surface area contributed by atoms with E-state index in [0.717, 1.165) is 11.8 Å². The maximum Gasteiger partial charge on any atom is 0.305 e. The molecule has 0 bridgehead atoms. The van der Waals surface area contributed by atoms with Crippen molar-refractivity contribution in [2.75, 3.05) is 20.8 Å². The Morgan fingerprint density at radius 3 is 2.74 bits per heavy atom. The molecule has 0 unspecified atom stereocenters. The number of carbonyl (C=O) groups excluding carboxylic acids is 1. The van der Waals surface area contributed by atoms with Gasteiger partial charge in [-0.3, -0.25) is 14.5 Å². The summed E-state index contributed by atoms with van der Waals surface area (Å²) in [5.74, 6) is -0.197. The van der Waals surface area contributed by atoms with Gasteiger partial charge in [0.15, 0.2) is 11.5 Å². The topological polar surface area (TPSA) is 76.1 Å². The molecule has 2 rings (SSSR count). The SMILES string of the molecule is COc1cccc(C=C2SC(=S)N(CCC(=O)O)C2=O)c1OC. The molecule has 0 spiro atoms. The fraction of sp³-hybridized carbons (Fsp3) is 0.267. The fourth-order valence-corrected chi connectivity index (χ4v) is 3.37. The molecule has 8 heteroatoms. The van der Waals surface area contributed by atoms with Gasteiger partial charge in [-0.15, -0.1) is 0 Å². The molecule has 1 amide bonds. The van der Waals surface area contributed by atoms with Crippen LogP contribution in [0.15, 0.2) is 23.1 Å². The van der Waals surface area contributed by atoms with Crippen molar-refractivity contribution >= 4 is 46.3 Å². The standard InChI is InChI=1S/C15H15NO5S2/c1-20-10-5-3-4-9(13(10)21-2)8-11-14(19)16(15(22)23-11)7-6-12(17)18/h3-5,8H,6-7H2,1-2H3,(H,17,18). The number of thiocarbonyl (C=S) groups is 1. The minimum Gasteiger partial charge on any atom is -0.493 e. The highest BCUT2D eigenvalue weighted by molar-refractivity contribution is 8.26. The Balaban J connectivity index is 2.29. The molecule has 0 atom stereocenters. The lowest BCUT2D eigenvalue weighted by molar-refractivity contribution is -0.137. The van der Waals surface area contributed by atoms with Crippen LogP contribution < -0.4 is 9.47 Å².